The Morgan fingerprint density at radius 3 is 2.33 bits per heavy atom. The molecule has 0 N–H and O–H groups in total. The van der Waals surface area contributed by atoms with Crippen molar-refractivity contribution in [1.29, 1.82) is 0 Å². The van der Waals surface area contributed by atoms with Crippen molar-refractivity contribution in [2.24, 2.45) is 0 Å². The van der Waals surface area contributed by atoms with Crippen molar-refractivity contribution < 1.29 is 0 Å². The van der Waals surface area contributed by atoms with Gasteiger partial charge in [0.2, 0.25) is 0 Å². The van der Waals surface area contributed by atoms with Crippen LogP contribution in [-0.4, -0.2) is 0 Å². The van der Waals surface area contributed by atoms with E-state index < -0.39 is 0 Å². The molecule has 0 amide bonds. The molecule has 0 saturated heterocycles. The average Bonchev–Trinajstić information content (AvgIpc) is 2.33. The Labute approximate surface area is 118 Å². The Balaban J connectivity index is 2.12. The van der Waals surface area contributed by atoms with Crippen LogP contribution in [0.4, 0.5) is 0 Å². The highest BCUT2D eigenvalue weighted by molar-refractivity contribution is 6.37. The second kappa shape index (κ2) is 6.08. The minimum Gasteiger partial charge on any atom is -0.0836 e. The van der Waals surface area contributed by atoms with Gasteiger partial charge in [-0.1, -0.05) is 71.2 Å². The molecule has 0 nitrogen and oxygen atoms in total. The number of hydrogen-bond acceptors (Lipinski definition) is 0. The Kier molecular flexibility index (Phi) is 4.46. The smallest absolute Gasteiger partial charge is 0.0493 e. The van der Waals surface area contributed by atoms with Crippen LogP contribution in [-0.2, 0) is 6.42 Å². The summed E-state index contributed by atoms with van der Waals surface area (Å²) in [6.07, 6.45) is 4.94. The molecule has 2 aromatic rings. The lowest BCUT2D eigenvalue weighted by Gasteiger charge is -2.01. The Bertz CT molecular complexity index is 551. The highest BCUT2D eigenvalue weighted by atomic mass is 35.5. The van der Waals surface area contributed by atoms with Crippen LogP contribution in [0.5, 0.6) is 0 Å². The zero-order valence-corrected chi connectivity index (χ0v) is 11.7. The molecule has 0 fully saturated rings. The first-order chi connectivity index (χ1) is 8.66. The lowest BCUT2D eigenvalue weighted by Crippen LogP contribution is -1.82. The fourth-order valence-electron chi connectivity index (χ4n) is 1.82. The molecule has 0 heterocycles. The maximum atomic E-state index is 6.10. The van der Waals surface area contributed by atoms with Gasteiger partial charge in [0.1, 0.15) is 0 Å². The third-order valence-corrected chi connectivity index (χ3v) is 3.38. The van der Waals surface area contributed by atoms with E-state index in [4.69, 9.17) is 23.2 Å². The zero-order valence-electron chi connectivity index (χ0n) is 10.2. The van der Waals surface area contributed by atoms with Crippen molar-refractivity contribution in [1.82, 2.24) is 0 Å². The van der Waals surface area contributed by atoms with Crippen LogP contribution in [0.2, 0.25) is 10.0 Å². The van der Waals surface area contributed by atoms with E-state index in [2.05, 4.69) is 37.3 Å². The van der Waals surface area contributed by atoms with Crippen molar-refractivity contribution in [3.05, 3.63) is 75.3 Å². The Morgan fingerprint density at radius 2 is 1.67 bits per heavy atom. The molecule has 0 saturated carbocycles. The minimum absolute atomic E-state index is 0.683. The van der Waals surface area contributed by atoms with E-state index in [0.29, 0.717) is 10.0 Å². The first kappa shape index (κ1) is 13.2. The highest BCUT2D eigenvalue weighted by Gasteiger charge is 2.00. The molecule has 92 valence electrons. The van der Waals surface area contributed by atoms with E-state index in [0.717, 1.165) is 12.0 Å². The quantitative estimate of drug-likeness (QED) is 0.689. The summed E-state index contributed by atoms with van der Waals surface area (Å²) in [5.41, 5.74) is 3.44. The molecule has 2 rings (SSSR count). The van der Waals surface area contributed by atoms with Crippen molar-refractivity contribution >= 4 is 29.3 Å². The van der Waals surface area contributed by atoms with Crippen molar-refractivity contribution in [2.75, 3.05) is 0 Å². The van der Waals surface area contributed by atoms with Crippen LogP contribution < -0.4 is 0 Å². The van der Waals surface area contributed by atoms with Crippen molar-refractivity contribution in [3.63, 3.8) is 0 Å². The minimum atomic E-state index is 0.683. The van der Waals surface area contributed by atoms with Gasteiger partial charge in [-0.15, -0.1) is 0 Å². The Hall–Kier alpha value is -1.24. The molecule has 0 radical (unpaired) electrons. The van der Waals surface area contributed by atoms with E-state index in [1.807, 2.05) is 24.3 Å². The molecule has 0 aliphatic heterocycles. The predicted octanol–water partition coefficient (Wildman–Crippen LogP) is 5.56. The summed E-state index contributed by atoms with van der Waals surface area (Å²) in [7, 11) is 0. The molecule has 2 aromatic carbocycles. The third kappa shape index (κ3) is 3.38. The number of benzene rings is 2. The summed E-state index contributed by atoms with van der Waals surface area (Å²) >= 11 is 12.2. The van der Waals surface area contributed by atoms with Crippen molar-refractivity contribution in [2.45, 2.75) is 13.3 Å². The largest absolute Gasteiger partial charge is 0.0836 e. The number of halogens is 2. The fraction of sp³-hybridized carbons (Fsp3) is 0.125. The van der Waals surface area contributed by atoms with E-state index in [1.165, 1.54) is 11.1 Å². The highest BCUT2D eigenvalue weighted by Crippen LogP contribution is 2.25. The summed E-state index contributed by atoms with van der Waals surface area (Å²) in [5.74, 6) is 0. The van der Waals surface area contributed by atoms with E-state index in [9.17, 15) is 0 Å². The van der Waals surface area contributed by atoms with Gasteiger partial charge in [-0.3, -0.25) is 0 Å². The number of rotatable bonds is 3. The average molecular weight is 277 g/mol. The first-order valence-corrected chi connectivity index (χ1v) is 6.58. The third-order valence-electron chi connectivity index (χ3n) is 2.72. The molecule has 0 aliphatic rings. The first-order valence-electron chi connectivity index (χ1n) is 5.83. The normalized spacial score (nSPS) is 11.1. The van der Waals surface area contributed by atoms with E-state index in [-0.39, 0.29) is 0 Å². The molecular formula is C16H14Cl2. The summed E-state index contributed by atoms with van der Waals surface area (Å²) < 4.78 is 0. The second-order valence-corrected chi connectivity index (χ2v) is 5.05. The lowest BCUT2D eigenvalue weighted by molar-refractivity contribution is 1.26. The van der Waals surface area contributed by atoms with Crippen LogP contribution in [0.1, 0.15) is 16.7 Å². The fourth-order valence-corrected chi connectivity index (χ4v) is 2.35. The van der Waals surface area contributed by atoms with E-state index >= 15 is 0 Å². The SMILES string of the molecule is Cc1cccc(CC=Cc2c(Cl)cccc2Cl)c1. The summed E-state index contributed by atoms with van der Waals surface area (Å²) in [6.45, 7) is 2.10. The molecule has 2 heteroatoms. The molecular weight excluding hydrogens is 263 g/mol. The summed E-state index contributed by atoms with van der Waals surface area (Å²) in [4.78, 5) is 0. The molecule has 0 atom stereocenters. The van der Waals surface area contributed by atoms with Gasteiger partial charge in [0.25, 0.3) is 0 Å². The van der Waals surface area contributed by atoms with Gasteiger partial charge < -0.3 is 0 Å². The van der Waals surface area contributed by atoms with Gasteiger partial charge in [-0.2, -0.15) is 0 Å². The van der Waals surface area contributed by atoms with Crippen LogP contribution >= 0.6 is 23.2 Å². The van der Waals surface area contributed by atoms with Crippen molar-refractivity contribution in [3.8, 4) is 0 Å². The van der Waals surface area contributed by atoms with Crippen LogP contribution in [0, 0.1) is 6.92 Å². The summed E-state index contributed by atoms with van der Waals surface area (Å²) in [5, 5.41) is 1.37. The lowest BCUT2D eigenvalue weighted by atomic mass is 10.1. The van der Waals surface area contributed by atoms with Gasteiger partial charge in [0.05, 0.1) is 0 Å². The molecule has 18 heavy (non-hydrogen) atoms. The predicted molar refractivity (Wildman–Crippen MR) is 80.4 cm³/mol. The van der Waals surface area contributed by atoms with Crippen LogP contribution in [0.3, 0.4) is 0 Å². The molecule has 0 aliphatic carbocycles. The Morgan fingerprint density at radius 1 is 1.00 bits per heavy atom. The zero-order chi connectivity index (χ0) is 13.0. The number of hydrogen-bond donors (Lipinski definition) is 0. The summed E-state index contributed by atoms with van der Waals surface area (Å²) in [6, 6.07) is 14.0. The van der Waals surface area contributed by atoms with Crippen LogP contribution in [0.15, 0.2) is 48.5 Å². The monoisotopic (exact) mass is 276 g/mol. The molecule has 0 aromatic heterocycles. The molecule has 0 bridgehead atoms. The van der Waals surface area contributed by atoms with Gasteiger partial charge in [0, 0.05) is 15.6 Å². The topological polar surface area (TPSA) is 0 Å². The van der Waals surface area contributed by atoms with Gasteiger partial charge in [-0.25, -0.2) is 0 Å². The van der Waals surface area contributed by atoms with Gasteiger partial charge in [-0.05, 0) is 31.0 Å². The molecule has 0 unspecified atom stereocenters. The van der Waals surface area contributed by atoms with Crippen LogP contribution in [0.25, 0.3) is 6.08 Å². The number of allylic oxidation sites excluding steroid dienone is 1. The maximum Gasteiger partial charge on any atom is 0.0493 e. The maximum absolute atomic E-state index is 6.10. The standard InChI is InChI=1S/C16H14Cl2/c1-12-5-2-6-13(11-12)7-3-8-14-15(17)9-4-10-16(14)18/h2-6,8-11H,7H2,1H3. The van der Waals surface area contributed by atoms with Gasteiger partial charge in [0.15, 0.2) is 0 Å². The second-order valence-electron chi connectivity index (χ2n) is 4.23. The van der Waals surface area contributed by atoms with E-state index in [1.54, 1.807) is 0 Å². The van der Waals surface area contributed by atoms with Gasteiger partial charge >= 0.3 is 0 Å². The number of aryl methyl sites for hydroxylation is 1. The molecule has 0 spiro atoms.